The number of amides is 1. The van der Waals surface area contributed by atoms with E-state index >= 15 is 0 Å². The molecule has 1 aliphatic heterocycles. The van der Waals surface area contributed by atoms with Gasteiger partial charge in [0, 0.05) is 30.1 Å². The molecule has 5 nitrogen and oxygen atoms in total. The molecule has 0 saturated carbocycles. The van der Waals surface area contributed by atoms with Gasteiger partial charge in [0.25, 0.3) is 0 Å². The van der Waals surface area contributed by atoms with E-state index in [-0.39, 0.29) is 16.9 Å². The number of halogens is 1. The second-order valence-electron chi connectivity index (χ2n) is 4.99. The first-order valence-electron chi connectivity index (χ1n) is 6.53. The zero-order chi connectivity index (χ0) is 15.0. The van der Waals surface area contributed by atoms with Crippen LogP contribution in [-0.4, -0.2) is 28.3 Å². The fraction of sp³-hybridized carbons (Fsp3) is 0.357. The molecule has 1 unspecified atom stereocenters. The highest BCUT2D eigenvalue weighted by molar-refractivity contribution is 9.10. The first-order chi connectivity index (χ1) is 10.0. The van der Waals surface area contributed by atoms with Crippen LogP contribution < -0.4 is 4.90 Å². The third-order valence-electron chi connectivity index (χ3n) is 3.30. The maximum absolute atomic E-state index is 12.1. The van der Waals surface area contributed by atoms with Crippen molar-refractivity contribution in [3.05, 3.63) is 22.7 Å². The summed E-state index contributed by atoms with van der Waals surface area (Å²) in [5.41, 5.74) is 1.37. The number of fused-ring (bicyclic) bond motifs is 1. The highest BCUT2D eigenvalue weighted by Gasteiger charge is 2.33. The standard InChI is InChI=1S/C14H13BrN2O3S/c1-8(18)21-7-9-4-13(19)17(6-9)14-16-11-5-10(15)2-3-12(11)20-14/h2-3,5,9H,4,6-7H2,1H3. The Hall–Kier alpha value is -1.34. The Kier molecular flexibility index (Phi) is 4.03. The van der Waals surface area contributed by atoms with Crippen molar-refractivity contribution in [3.8, 4) is 0 Å². The molecule has 1 fully saturated rings. The summed E-state index contributed by atoms with van der Waals surface area (Å²) in [6.07, 6.45) is 0.433. The molecule has 1 aromatic heterocycles. The molecule has 0 N–H and O–H groups in total. The van der Waals surface area contributed by atoms with Crippen LogP contribution in [-0.2, 0) is 9.59 Å². The van der Waals surface area contributed by atoms with E-state index in [1.54, 1.807) is 4.90 Å². The van der Waals surface area contributed by atoms with Crippen molar-refractivity contribution >= 4 is 55.8 Å². The van der Waals surface area contributed by atoms with Gasteiger partial charge < -0.3 is 4.42 Å². The van der Waals surface area contributed by atoms with Crippen molar-refractivity contribution in [2.75, 3.05) is 17.2 Å². The van der Waals surface area contributed by atoms with Crippen LogP contribution in [0, 0.1) is 5.92 Å². The summed E-state index contributed by atoms with van der Waals surface area (Å²) in [6.45, 7) is 2.09. The van der Waals surface area contributed by atoms with E-state index in [0.717, 1.165) is 4.47 Å². The van der Waals surface area contributed by atoms with E-state index in [0.29, 0.717) is 35.8 Å². The Morgan fingerprint density at radius 1 is 1.57 bits per heavy atom. The van der Waals surface area contributed by atoms with Crippen LogP contribution in [0.15, 0.2) is 27.1 Å². The van der Waals surface area contributed by atoms with Crippen LogP contribution >= 0.6 is 27.7 Å². The Balaban J connectivity index is 1.79. The maximum atomic E-state index is 12.1. The molecule has 0 radical (unpaired) electrons. The smallest absolute Gasteiger partial charge is 0.305 e. The average Bonchev–Trinajstić information content (AvgIpc) is 2.99. The number of carbonyl (C=O) groups excluding carboxylic acids is 2. The minimum atomic E-state index is -0.00484. The molecule has 2 heterocycles. The van der Waals surface area contributed by atoms with Gasteiger partial charge >= 0.3 is 6.01 Å². The van der Waals surface area contributed by atoms with Gasteiger partial charge in [-0.3, -0.25) is 14.5 Å². The molecule has 1 aromatic carbocycles. The number of thioether (sulfide) groups is 1. The molecule has 1 saturated heterocycles. The van der Waals surface area contributed by atoms with Gasteiger partial charge in [-0.25, -0.2) is 0 Å². The van der Waals surface area contributed by atoms with E-state index in [9.17, 15) is 9.59 Å². The normalized spacial score (nSPS) is 18.7. The van der Waals surface area contributed by atoms with E-state index in [2.05, 4.69) is 20.9 Å². The molecular formula is C14H13BrN2O3S. The van der Waals surface area contributed by atoms with E-state index in [1.165, 1.54) is 18.7 Å². The molecule has 0 bridgehead atoms. The number of hydrogen-bond donors (Lipinski definition) is 0. The second kappa shape index (κ2) is 5.81. The Morgan fingerprint density at radius 3 is 3.14 bits per heavy atom. The highest BCUT2D eigenvalue weighted by Crippen LogP contribution is 2.30. The number of hydrogen-bond acceptors (Lipinski definition) is 5. The van der Waals surface area contributed by atoms with Crippen molar-refractivity contribution in [1.29, 1.82) is 0 Å². The van der Waals surface area contributed by atoms with Crippen molar-refractivity contribution < 1.29 is 14.0 Å². The van der Waals surface area contributed by atoms with Crippen LogP contribution in [0.5, 0.6) is 0 Å². The number of carbonyl (C=O) groups is 2. The van der Waals surface area contributed by atoms with Crippen LogP contribution in [0.3, 0.4) is 0 Å². The lowest BCUT2D eigenvalue weighted by molar-refractivity contribution is -0.117. The fourth-order valence-corrected chi connectivity index (χ4v) is 3.36. The van der Waals surface area contributed by atoms with Crippen molar-refractivity contribution in [2.24, 2.45) is 5.92 Å². The Labute approximate surface area is 134 Å². The average molecular weight is 369 g/mol. The second-order valence-corrected chi connectivity index (χ2v) is 7.10. The van der Waals surface area contributed by atoms with Gasteiger partial charge in [-0.2, -0.15) is 4.98 Å². The third kappa shape index (κ3) is 3.13. The van der Waals surface area contributed by atoms with Crippen LogP contribution in [0.4, 0.5) is 6.01 Å². The van der Waals surface area contributed by atoms with Crippen molar-refractivity contribution in [3.63, 3.8) is 0 Å². The van der Waals surface area contributed by atoms with Gasteiger partial charge in [0.15, 0.2) is 10.7 Å². The summed E-state index contributed by atoms with van der Waals surface area (Å²) in [6, 6.07) is 5.88. The number of anilines is 1. The lowest BCUT2D eigenvalue weighted by atomic mass is 10.1. The minimum Gasteiger partial charge on any atom is -0.423 e. The summed E-state index contributed by atoms with van der Waals surface area (Å²) in [4.78, 5) is 29.0. The zero-order valence-corrected chi connectivity index (χ0v) is 13.7. The largest absolute Gasteiger partial charge is 0.423 e. The van der Waals surface area contributed by atoms with Gasteiger partial charge in [-0.15, -0.1) is 0 Å². The van der Waals surface area contributed by atoms with E-state index in [4.69, 9.17) is 4.42 Å². The molecule has 0 spiro atoms. The molecule has 0 aliphatic carbocycles. The molecule has 1 atom stereocenters. The van der Waals surface area contributed by atoms with Crippen molar-refractivity contribution in [2.45, 2.75) is 13.3 Å². The lowest BCUT2D eigenvalue weighted by Crippen LogP contribution is -2.25. The maximum Gasteiger partial charge on any atom is 0.305 e. The summed E-state index contributed by atoms with van der Waals surface area (Å²) < 4.78 is 6.57. The summed E-state index contributed by atoms with van der Waals surface area (Å²) in [7, 11) is 0. The monoisotopic (exact) mass is 368 g/mol. The number of benzene rings is 1. The Bertz CT molecular complexity index is 715. The van der Waals surface area contributed by atoms with Gasteiger partial charge in [0.2, 0.25) is 5.91 Å². The van der Waals surface area contributed by atoms with Gasteiger partial charge in [-0.1, -0.05) is 27.7 Å². The van der Waals surface area contributed by atoms with Gasteiger partial charge in [0.1, 0.15) is 5.52 Å². The number of oxazole rings is 1. The van der Waals surface area contributed by atoms with E-state index in [1.807, 2.05) is 18.2 Å². The minimum absolute atomic E-state index is 0.00484. The molecule has 1 aliphatic rings. The summed E-state index contributed by atoms with van der Waals surface area (Å²) >= 11 is 4.64. The molecule has 3 rings (SSSR count). The topological polar surface area (TPSA) is 63.4 Å². The first-order valence-corrected chi connectivity index (χ1v) is 8.30. The lowest BCUT2D eigenvalue weighted by Gasteiger charge is -2.10. The Morgan fingerprint density at radius 2 is 2.38 bits per heavy atom. The number of nitrogens with zero attached hydrogens (tertiary/aromatic N) is 2. The summed E-state index contributed by atoms with van der Waals surface area (Å²) in [5.74, 6) is 0.812. The summed E-state index contributed by atoms with van der Waals surface area (Å²) in [5, 5.41) is 0.0765. The molecule has 110 valence electrons. The predicted octanol–water partition coefficient (Wildman–Crippen LogP) is 3.22. The molecular weight excluding hydrogens is 356 g/mol. The van der Waals surface area contributed by atoms with Crippen LogP contribution in [0.2, 0.25) is 0 Å². The molecule has 21 heavy (non-hydrogen) atoms. The SMILES string of the molecule is CC(=O)SCC1CC(=O)N(c2nc3cc(Br)ccc3o2)C1. The quantitative estimate of drug-likeness (QED) is 0.831. The van der Waals surface area contributed by atoms with Gasteiger partial charge in [-0.05, 0) is 24.1 Å². The van der Waals surface area contributed by atoms with Crippen LogP contribution in [0.25, 0.3) is 11.1 Å². The fourth-order valence-electron chi connectivity index (χ4n) is 2.32. The zero-order valence-electron chi connectivity index (χ0n) is 11.3. The highest BCUT2D eigenvalue weighted by atomic mass is 79.9. The predicted molar refractivity (Wildman–Crippen MR) is 85.3 cm³/mol. The first kappa shape index (κ1) is 14.6. The molecule has 2 aromatic rings. The number of rotatable bonds is 3. The molecule has 1 amide bonds. The van der Waals surface area contributed by atoms with E-state index < -0.39 is 0 Å². The third-order valence-corrected chi connectivity index (χ3v) is 4.83. The number of aromatic nitrogens is 1. The van der Waals surface area contributed by atoms with Gasteiger partial charge in [0.05, 0.1) is 0 Å². The van der Waals surface area contributed by atoms with Crippen molar-refractivity contribution in [1.82, 2.24) is 4.98 Å². The van der Waals surface area contributed by atoms with Crippen LogP contribution in [0.1, 0.15) is 13.3 Å². The molecule has 7 heteroatoms.